The fraction of sp³-hybridized carbons (Fsp3) is 0.273. The Balaban J connectivity index is 2.23. The van der Waals surface area contributed by atoms with E-state index in [0.717, 1.165) is 11.4 Å². The molecule has 90 valence electrons. The van der Waals surface area contributed by atoms with Crippen molar-refractivity contribution in [2.45, 2.75) is 23.5 Å². The molecule has 0 radical (unpaired) electrons. The van der Waals surface area contributed by atoms with Crippen molar-refractivity contribution in [1.82, 2.24) is 20.5 Å². The lowest BCUT2D eigenvalue weighted by atomic mass is 10.2. The summed E-state index contributed by atoms with van der Waals surface area (Å²) in [4.78, 5) is 4.87. The van der Waals surface area contributed by atoms with Gasteiger partial charge >= 0.3 is 0 Å². The molecule has 4 nitrogen and oxygen atoms in total. The van der Waals surface area contributed by atoms with Gasteiger partial charge in [-0.05, 0) is 30.4 Å². The van der Waals surface area contributed by atoms with Crippen LogP contribution in [0.2, 0.25) is 0 Å². The highest BCUT2D eigenvalue weighted by Crippen LogP contribution is 2.28. The zero-order chi connectivity index (χ0) is 12.1. The van der Waals surface area contributed by atoms with Gasteiger partial charge in [0.05, 0.1) is 0 Å². The van der Waals surface area contributed by atoms with Gasteiger partial charge < -0.3 is 5.32 Å². The van der Waals surface area contributed by atoms with E-state index in [1.54, 1.807) is 6.07 Å². The molecule has 0 fully saturated rings. The number of nitrogens with one attached hydrogen (secondary N) is 2. The first-order chi connectivity index (χ1) is 8.31. The van der Waals surface area contributed by atoms with E-state index in [4.69, 9.17) is 0 Å². The lowest BCUT2D eigenvalue weighted by Gasteiger charge is -2.09. The first kappa shape index (κ1) is 12.1. The van der Waals surface area contributed by atoms with Gasteiger partial charge in [0.15, 0.2) is 5.16 Å². The summed E-state index contributed by atoms with van der Waals surface area (Å²) in [5.41, 5.74) is 0.663. The van der Waals surface area contributed by atoms with Gasteiger partial charge in [-0.1, -0.05) is 13.0 Å². The molecule has 1 aromatic carbocycles. The number of H-pyrrole nitrogens is 1. The first-order valence-electron chi connectivity index (χ1n) is 5.32. The van der Waals surface area contributed by atoms with E-state index in [2.05, 4.69) is 20.5 Å². The number of aromatic nitrogens is 3. The minimum atomic E-state index is -0.199. The van der Waals surface area contributed by atoms with Gasteiger partial charge in [-0.3, -0.25) is 5.10 Å². The summed E-state index contributed by atoms with van der Waals surface area (Å²) < 4.78 is 13.7. The van der Waals surface area contributed by atoms with E-state index in [-0.39, 0.29) is 5.82 Å². The zero-order valence-electron chi connectivity index (χ0n) is 9.40. The lowest BCUT2D eigenvalue weighted by molar-refractivity contribution is 0.585. The third kappa shape index (κ3) is 3.04. The van der Waals surface area contributed by atoms with Crippen LogP contribution < -0.4 is 5.32 Å². The molecule has 6 heteroatoms. The average Bonchev–Trinajstić information content (AvgIpc) is 2.81. The molecule has 1 heterocycles. The number of benzene rings is 1. The van der Waals surface area contributed by atoms with Crippen LogP contribution >= 0.6 is 11.8 Å². The van der Waals surface area contributed by atoms with Gasteiger partial charge in [-0.15, -0.1) is 0 Å². The van der Waals surface area contributed by atoms with Crippen molar-refractivity contribution in [3.05, 3.63) is 35.9 Å². The molecule has 0 saturated heterocycles. The number of aromatic amines is 1. The molecule has 2 aromatic rings. The van der Waals surface area contributed by atoms with Crippen molar-refractivity contribution in [1.29, 1.82) is 0 Å². The van der Waals surface area contributed by atoms with Gasteiger partial charge in [0.25, 0.3) is 0 Å². The molecule has 0 spiro atoms. The molecule has 0 unspecified atom stereocenters. The topological polar surface area (TPSA) is 53.6 Å². The molecule has 17 heavy (non-hydrogen) atoms. The maximum Gasteiger partial charge on any atom is 0.188 e. The van der Waals surface area contributed by atoms with Crippen LogP contribution in [0.3, 0.4) is 0 Å². The molecular formula is C11H13FN4S. The monoisotopic (exact) mass is 252 g/mol. The Kier molecular flexibility index (Phi) is 4.11. The highest BCUT2D eigenvalue weighted by molar-refractivity contribution is 7.99. The third-order valence-electron chi connectivity index (χ3n) is 2.23. The van der Waals surface area contributed by atoms with Crippen LogP contribution in [0, 0.1) is 5.82 Å². The van der Waals surface area contributed by atoms with Crippen molar-refractivity contribution in [3.8, 4) is 0 Å². The Morgan fingerprint density at radius 1 is 1.47 bits per heavy atom. The normalized spacial score (nSPS) is 10.7. The lowest BCUT2D eigenvalue weighted by Crippen LogP contribution is -2.13. The highest BCUT2D eigenvalue weighted by Gasteiger charge is 2.10. The summed E-state index contributed by atoms with van der Waals surface area (Å²) >= 11 is 1.38. The van der Waals surface area contributed by atoms with Gasteiger partial charge in [-0.2, -0.15) is 5.10 Å². The highest BCUT2D eigenvalue weighted by atomic mass is 32.2. The molecule has 0 aliphatic rings. The summed E-state index contributed by atoms with van der Waals surface area (Å²) in [6.07, 6.45) is 1.44. The van der Waals surface area contributed by atoms with Crippen LogP contribution in [0.1, 0.15) is 12.5 Å². The summed E-state index contributed by atoms with van der Waals surface area (Å²) in [5.74, 6) is -0.199. The van der Waals surface area contributed by atoms with E-state index in [1.807, 2.05) is 13.0 Å². The van der Waals surface area contributed by atoms with Crippen molar-refractivity contribution in [3.63, 3.8) is 0 Å². The Bertz CT molecular complexity index is 472. The molecule has 2 rings (SSSR count). The Morgan fingerprint density at radius 3 is 3.06 bits per heavy atom. The predicted molar refractivity (Wildman–Crippen MR) is 64.3 cm³/mol. The van der Waals surface area contributed by atoms with Crippen LogP contribution in [-0.2, 0) is 6.54 Å². The average molecular weight is 252 g/mol. The Labute approximate surface area is 103 Å². The van der Waals surface area contributed by atoms with E-state index in [0.29, 0.717) is 17.3 Å². The van der Waals surface area contributed by atoms with Crippen molar-refractivity contribution < 1.29 is 4.39 Å². The minimum absolute atomic E-state index is 0.199. The van der Waals surface area contributed by atoms with Crippen molar-refractivity contribution in [2.75, 3.05) is 6.54 Å². The van der Waals surface area contributed by atoms with Crippen LogP contribution in [0.15, 0.2) is 34.6 Å². The molecule has 1 aromatic heterocycles. The van der Waals surface area contributed by atoms with Crippen LogP contribution in [0.25, 0.3) is 0 Å². The number of hydrogen-bond acceptors (Lipinski definition) is 4. The summed E-state index contributed by atoms with van der Waals surface area (Å²) in [7, 11) is 0. The number of rotatable bonds is 5. The molecule has 0 saturated carbocycles. The van der Waals surface area contributed by atoms with E-state index >= 15 is 0 Å². The largest absolute Gasteiger partial charge is 0.313 e. The molecule has 0 aliphatic carbocycles. The van der Waals surface area contributed by atoms with E-state index in [1.165, 1.54) is 24.2 Å². The van der Waals surface area contributed by atoms with Gasteiger partial charge in [0, 0.05) is 17.0 Å². The van der Waals surface area contributed by atoms with Gasteiger partial charge in [0.1, 0.15) is 12.1 Å². The number of hydrogen-bond donors (Lipinski definition) is 2. The van der Waals surface area contributed by atoms with Crippen molar-refractivity contribution in [2.24, 2.45) is 0 Å². The first-order valence-corrected chi connectivity index (χ1v) is 6.14. The quantitative estimate of drug-likeness (QED) is 0.856. The molecule has 2 N–H and O–H groups in total. The van der Waals surface area contributed by atoms with Crippen LogP contribution in [0.4, 0.5) is 4.39 Å². The van der Waals surface area contributed by atoms with E-state index in [9.17, 15) is 4.39 Å². The summed E-state index contributed by atoms with van der Waals surface area (Å²) in [5, 5.41) is 10.3. The summed E-state index contributed by atoms with van der Waals surface area (Å²) in [6.45, 7) is 3.31. The second-order valence-corrected chi connectivity index (χ2v) is 4.42. The number of nitrogens with zero attached hydrogens (tertiary/aromatic N) is 2. The fourth-order valence-electron chi connectivity index (χ4n) is 1.40. The zero-order valence-corrected chi connectivity index (χ0v) is 10.2. The summed E-state index contributed by atoms with van der Waals surface area (Å²) in [6, 6.07) is 5.05. The minimum Gasteiger partial charge on any atom is -0.313 e. The maximum absolute atomic E-state index is 13.7. The second-order valence-electron chi connectivity index (χ2n) is 3.39. The smallest absolute Gasteiger partial charge is 0.188 e. The Hall–Kier alpha value is -1.40. The van der Waals surface area contributed by atoms with E-state index < -0.39 is 0 Å². The van der Waals surface area contributed by atoms with Crippen LogP contribution in [0.5, 0.6) is 0 Å². The van der Waals surface area contributed by atoms with Gasteiger partial charge in [-0.25, -0.2) is 9.37 Å². The fourth-order valence-corrected chi connectivity index (χ4v) is 2.25. The molecule has 0 aliphatic heterocycles. The molecular weight excluding hydrogens is 239 g/mol. The predicted octanol–water partition coefficient (Wildman–Crippen LogP) is 2.20. The number of halogens is 1. The van der Waals surface area contributed by atoms with Crippen molar-refractivity contribution >= 4 is 11.8 Å². The maximum atomic E-state index is 13.7. The SMILES string of the molecule is CCNCc1c(F)cccc1Sc1ncn[nH]1. The second kappa shape index (κ2) is 5.79. The molecule has 0 amide bonds. The standard InChI is InChI=1S/C11H13FN4S/c1-2-13-6-8-9(12)4-3-5-10(8)17-11-14-7-15-16-11/h3-5,7,13H,2,6H2,1H3,(H,14,15,16). The van der Waals surface area contributed by atoms with Crippen LogP contribution in [-0.4, -0.2) is 21.7 Å². The van der Waals surface area contributed by atoms with Gasteiger partial charge in [0.2, 0.25) is 0 Å². The third-order valence-corrected chi connectivity index (χ3v) is 3.22. The molecule has 0 atom stereocenters. The molecule has 0 bridgehead atoms. The Morgan fingerprint density at radius 2 is 2.35 bits per heavy atom.